The van der Waals surface area contributed by atoms with Crippen molar-refractivity contribution in [1.29, 1.82) is 0 Å². The molecule has 0 aliphatic rings. The van der Waals surface area contributed by atoms with Gasteiger partial charge in [0, 0.05) is 0 Å². The SMILES string of the molecule is Nc1nc(O)nc2nc(O)n([O-])c12.[O]=[V]. The molecule has 10 heteroatoms. The molecule has 0 atom stereocenters. The maximum absolute atomic E-state index is 11.0. The van der Waals surface area contributed by atoms with E-state index in [-0.39, 0.29) is 21.7 Å². The van der Waals surface area contributed by atoms with Gasteiger partial charge >= 0.3 is 27.1 Å². The fourth-order valence-electron chi connectivity index (χ4n) is 0.961. The number of nitrogens with two attached hydrogens (primary N) is 1. The van der Waals surface area contributed by atoms with Gasteiger partial charge in [-0.15, -0.1) is 0 Å². The molecule has 2 heterocycles. The summed E-state index contributed by atoms with van der Waals surface area (Å²) in [5.74, 6) is -0.231. The van der Waals surface area contributed by atoms with Crippen molar-refractivity contribution in [2.45, 2.75) is 0 Å². The Hall–Kier alpha value is -1.87. The Morgan fingerprint density at radius 1 is 1.27 bits per heavy atom. The predicted molar refractivity (Wildman–Crippen MR) is 42.5 cm³/mol. The summed E-state index contributed by atoms with van der Waals surface area (Å²) in [5, 5.41) is 28.8. The Balaban J connectivity index is 0.000000531. The molecule has 0 saturated carbocycles. The Kier molecular flexibility index (Phi) is 3.07. The Labute approximate surface area is 91.4 Å². The molecule has 2 aromatic rings. The number of aromatic hydroxyl groups is 2. The van der Waals surface area contributed by atoms with Crippen LogP contribution in [-0.4, -0.2) is 29.9 Å². The third-order valence-electron chi connectivity index (χ3n) is 1.47. The van der Waals surface area contributed by atoms with Gasteiger partial charge in [-0.2, -0.15) is 15.0 Å². The van der Waals surface area contributed by atoms with E-state index in [4.69, 9.17) is 19.6 Å². The van der Waals surface area contributed by atoms with Crippen molar-refractivity contribution in [2.75, 3.05) is 5.73 Å². The van der Waals surface area contributed by atoms with Crippen molar-refractivity contribution < 1.29 is 31.3 Å². The average Bonchev–Trinajstić information content (AvgIpc) is 2.45. The molecular formula is C5H4N5O4V-. The van der Waals surface area contributed by atoms with E-state index in [2.05, 4.69) is 15.0 Å². The molecule has 0 radical (unpaired) electrons. The number of fused-ring (bicyclic) bond motifs is 1. The fraction of sp³-hybridized carbons (Fsp3) is 0. The quantitative estimate of drug-likeness (QED) is 0.540. The summed E-state index contributed by atoms with van der Waals surface area (Å²) in [5.41, 5.74) is 4.99. The summed E-state index contributed by atoms with van der Waals surface area (Å²) in [6, 6.07) is -1.37. The Bertz CT molecular complexity index is 500. The van der Waals surface area contributed by atoms with Crippen LogP contribution in [-0.2, 0) is 21.0 Å². The second kappa shape index (κ2) is 4.11. The molecule has 0 bridgehead atoms. The monoisotopic (exact) mass is 249 g/mol. The number of nitrogens with zero attached hydrogens (tertiary/aromatic N) is 4. The molecule has 9 nitrogen and oxygen atoms in total. The van der Waals surface area contributed by atoms with Gasteiger partial charge in [0.1, 0.15) is 5.52 Å². The average molecular weight is 249 g/mol. The van der Waals surface area contributed by atoms with E-state index < -0.39 is 12.0 Å². The molecule has 2 rings (SSSR count). The first-order valence-corrected chi connectivity index (χ1v) is 3.96. The number of nitrogen functional groups attached to an aromatic ring is 1. The van der Waals surface area contributed by atoms with Crippen LogP contribution in [0.25, 0.3) is 11.2 Å². The van der Waals surface area contributed by atoms with Gasteiger partial charge in [-0.1, -0.05) is 0 Å². The van der Waals surface area contributed by atoms with Crippen LogP contribution in [0.1, 0.15) is 0 Å². The third kappa shape index (κ3) is 1.82. The van der Waals surface area contributed by atoms with Crippen molar-refractivity contribution >= 4 is 17.0 Å². The molecule has 0 amide bonds. The van der Waals surface area contributed by atoms with Gasteiger partial charge < -0.3 is 25.9 Å². The van der Waals surface area contributed by atoms with Gasteiger partial charge in [0.25, 0.3) is 6.01 Å². The number of hydrogen-bond donors (Lipinski definition) is 3. The molecule has 0 aromatic carbocycles. The van der Waals surface area contributed by atoms with Crippen LogP contribution in [0.5, 0.6) is 12.0 Å². The van der Waals surface area contributed by atoms with Crippen molar-refractivity contribution in [1.82, 2.24) is 19.7 Å². The summed E-state index contributed by atoms with van der Waals surface area (Å²) in [6.07, 6.45) is 0. The van der Waals surface area contributed by atoms with Gasteiger partial charge in [0.15, 0.2) is 11.5 Å². The summed E-state index contributed by atoms with van der Waals surface area (Å²) in [7, 11) is 0. The molecule has 4 N–H and O–H groups in total. The van der Waals surface area contributed by atoms with Gasteiger partial charge in [-0.05, 0) is 0 Å². The molecule has 0 fully saturated rings. The molecule has 79 valence electrons. The Morgan fingerprint density at radius 3 is 2.47 bits per heavy atom. The van der Waals surface area contributed by atoms with E-state index in [0.717, 1.165) is 17.4 Å². The Morgan fingerprint density at radius 2 is 1.87 bits per heavy atom. The molecule has 15 heavy (non-hydrogen) atoms. The standard InChI is InChI=1S/C5H4N5O3.O.V/c6-2-1-3(8-4(11)7-2)9-5(12)10(1)13;;/h(H4,6,7,8,9,11,12);;/q-1;;. The van der Waals surface area contributed by atoms with E-state index in [1.807, 2.05) is 0 Å². The van der Waals surface area contributed by atoms with Gasteiger partial charge in [-0.25, -0.2) is 0 Å². The predicted octanol–water partition coefficient (Wildman–Crippen LogP) is -0.956. The normalized spacial score (nSPS) is 9.53. The topological polar surface area (TPSA) is 150 Å². The fourth-order valence-corrected chi connectivity index (χ4v) is 0.961. The van der Waals surface area contributed by atoms with E-state index in [9.17, 15) is 5.21 Å². The van der Waals surface area contributed by atoms with E-state index in [1.54, 1.807) is 0 Å². The summed E-state index contributed by atoms with van der Waals surface area (Å²) >= 11 is 1.06. The first kappa shape index (κ1) is 11.2. The van der Waals surface area contributed by atoms with Crippen LogP contribution in [0, 0.1) is 5.21 Å². The van der Waals surface area contributed by atoms with Crippen molar-refractivity contribution in [3.8, 4) is 12.0 Å². The van der Waals surface area contributed by atoms with E-state index >= 15 is 0 Å². The molecular weight excluding hydrogens is 245 g/mol. The van der Waals surface area contributed by atoms with Crippen molar-refractivity contribution in [2.24, 2.45) is 0 Å². The molecule has 0 aliphatic carbocycles. The van der Waals surface area contributed by atoms with Gasteiger partial charge in [0.05, 0.1) is 0 Å². The van der Waals surface area contributed by atoms with Crippen LogP contribution >= 0.6 is 0 Å². The molecule has 2 aromatic heterocycles. The van der Waals surface area contributed by atoms with Crippen molar-refractivity contribution in [3.05, 3.63) is 5.21 Å². The van der Waals surface area contributed by atoms with Gasteiger partial charge in [0.2, 0.25) is 0 Å². The second-order valence-electron chi connectivity index (χ2n) is 2.29. The van der Waals surface area contributed by atoms with E-state index in [1.165, 1.54) is 0 Å². The van der Waals surface area contributed by atoms with Crippen LogP contribution in [0.15, 0.2) is 0 Å². The zero-order chi connectivity index (χ0) is 11.6. The van der Waals surface area contributed by atoms with Crippen LogP contribution in [0.4, 0.5) is 5.82 Å². The van der Waals surface area contributed by atoms with Crippen LogP contribution in [0.3, 0.4) is 0 Å². The summed E-state index contributed by atoms with van der Waals surface area (Å²) < 4.78 is 8.27. The molecule has 0 unspecified atom stereocenters. The third-order valence-corrected chi connectivity index (χ3v) is 1.47. The number of anilines is 1. The zero-order valence-corrected chi connectivity index (χ0v) is 8.42. The van der Waals surface area contributed by atoms with Gasteiger partial charge in [-0.3, -0.25) is 0 Å². The van der Waals surface area contributed by atoms with E-state index in [0.29, 0.717) is 0 Å². The van der Waals surface area contributed by atoms with Crippen molar-refractivity contribution in [3.63, 3.8) is 0 Å². The number of imidazole rings is 1. The summed E-state index contributed by atoms with van der Waals surface area (Å²) in [6.45, 7) is 0. The van der Waals surface area contributed by atoms with Crippen LogP contribution < -0.4 is 5.73 Å². The molecule has 0 spiro atoms. The second-order valence-corrected chi connectivity index (χ2v) is 2.29. The summed E-state index contributed by atoms with van der Waals surface area (Å²) in [4.78, 5) is 10.1. The minimum absolute atomic E-state index is 0.0874. The number of hydrogen-bond acceptors (Lipinski definition) is 8. The first-order chi connectivity index (χ1) is 7.09. The zero-order valence-electron chi connectivity index (χ0n) is 7.02. The first-order valence-electron chi connectivity index (χ1n) is 3.39. The number of aromatic nitrogens is 4. The van der Waals surface area contributed by atoms with Crippen LogP contribution in [0.2, 0.25) is 0 Å². The minimum atomic E-state index is -0.776. The molecule has 0 saturated heterocycles. The maximum atomic E-state index is 11.0. The number of rotatable bonds is 0. The molecule has 0 aliphatic heterocycles.